The lowest BCUT2D eigenvalue weighted by Gasteiger charge is -2.38. The van der Waals surface area contributed by atoms with Gasteiger partial charge in [-0.3, -0.25) is 0 Å². The van der Waals surface area contributed by atoms with Crippen LogP contribution in [0.1, 0.15) is 96.0 Å². The summed E-state index contributed by atoms with van der Waals surface area (Å²) in [7, 11) is 0. The molecule has 2 N–H and O–H groups in total. The van der Waals surface area contributed by atoms with E-state index in [1.54, 1.807) is 12.1 Å². The largest absolute Gasteiger partial charge is 0.478 e. The van der Waals surface area contributed by atoms with Gasteiger partial charge in [-0.25, -0.2) is 9.59 Å². The van der Waals surface area contributed by atoms with E-state index < -0.39 is 5.97 Å². The highest BCUT2D eigenvalue weighted by molar-refractivity contribution is 5.93. The molecule has 2 aliphatic carbocycles. The molecule has 8 nitrogen and oxygen atoms in total. The smallest absolute Gasteiger partial charge is 0.335 e. The molecule has 7 rings (SSSR count). The maximum Gasteiger partial charge on any atom is 0.335 e. The predicted molar refractivity (Wildman–Crippen MR) is 150 cm³/mol. The van der Waals surface area contributed by atoms with Crippen LogP contribution >= 0.6 is 0 Å². The first-order valence-corrected chi connectivity index (χ1v) is 14.6. The third-order valence-electron chi connectivity index (χ3n) is 9.10. The van der Waals surface area contributed by atoms with Crippen molar-refractivity contribution in [2.24, 2.45) is 0 Å². The van der Waals surface area contributed by atoms with Crippen LogP contribution in [0, 0.1) is 6.92 Å². The number of hydrogen-bond acceptors (Lipinski definition) is 5. The molecule has 2 aromatic carbocycles. The van der Waals surface area contributed by atoms with Gasteiger partial charge < -0.3 is 24.6 Å². The molecule has 0 radical (unpaired) electrons. The zero-order valence-corrected chi connectivity index (χ0v) is 22.8. The number of carbonyl (C=O) groups excluding carboxylic acids is 1. The number of nitrogens with zero attached hydrogens (tertiary/aromatic N) is 2. The molecular weight excluding hydrogens is 506 g/mol. The van der Waals surface area contributed by atoms with Gasteiger partial charge in [0.15, 0.2) is 0 Å². The van der Waals surface area contributed by atoms with E-state index in [2.05, 4.69) is 34.7 Å². The van der Waals surface area contributed by atoms with Gasteiger partial charge in [0, 0.05) is 34.8 Å². The van der Waals surface area contributed by atoms with Gasteiger partial charge in [0.25, 0.3) is 0 Å². The van der Waals surface area contributed by atoms with Crippen molar-refractivity contribution in [3.8, 4) is 11.3 Å². The first-order valence-electron chi connectivity index (χ1n) is 14.6. The Morgan fingerprint density at radius 3 is 2.42 bits per heavy atom. The predicted octanol–water partition coefficient (Wildman–Crippen LogP) is 6.85. The summed E-state index contributed by atoms with van der Waals surface area (Å²) < 4.78 is 12.5. The topological polar surface area (TPSA) is 105 Å². The van der Waals surface area contributed by atoms with Gasteiger partial charge in [-0.05, 0) is 93.5 Å². The average molecular weight is 542 g/mol. The molecule has 2 saturated heterocycles. The van der Waals surface area contributed by atoms with Gasteiger partial charge in [0.1, 0.15) is 11.5 Å². The summed E-state index contributed by atoms with van der Waals surface area (Å²) in [5.74, 6) is 1.08. The fourth-order valence-corrected chi connectivity index (χ4v) is 6.72. The van der Waals surface area contributed by atoms with Crippen LogP contribution in [0.15, 0.2) is 47.0 Å². The molecular formula is C32H35N3O5. The highest BCUT2D eigenvalue weighted by Gasteiger charge is 2.44. The SMILES string of the molecule is Cc1cc(C(=O)O)ccc1NC(=O)N1C2CCC1CC(OCc1c(-c3ccccc3C3CC3)noc1C1CC1)C2. The molecule has 2 saturated carbocycles. The minimum Gasteiger partial charge on any atom is -0.478 e. The van der Waals surface area contributed by atoms with Gasteiger partial charge in [-0.2, -0.15) is 0 Å². The van der Waals surface area contributed by atoms with Gasteiger partial charge in [0.2, 0.25) is 0 Å². The Morgan fingerprint density at radius 1 is 1.02 bits per heavy atom. The number of benzene rings is 2. The van der Waals surface area contributed by atoms with Gasteiger partial charge in [-0.15, -0.1) is 0 Å². The number of rotatable bonds is 8. The monoisotopic (exact) mass is 541 g/mol. The molecule has 8 heteroatoms. The number of ether oxygens (including phenoxy) is 1. The van der Waals surface area contributed by atoms with Crippen LogP contribution in [-0.4, -0.2) is 45.4 Å². The fourth-order valence-electron chi connectivity index (χ4n) is 6.72. The molecule has 3 aromatic rings. The molecule has 4 fully saturated rings. The van der Waals surface area contributed by atoms with Gasteiger partial charge in [-0.1, -0.05) is 29.4 Å². The standard InChI is InChI=1S/C32H35N3O5/c1-18-14-21(31(36)37)10-13-28(18)33-32(38)35-22-11-12-23(35)16-24(15-22)39-17-27-29(34-40-30(27)20-8-9-20)26-5-3-2-4-25(26)19-6-7-19/h2-5,10,13-14,19-20,22-24H,6-9,11-12,15-17H2,1H3,(H,33,38)(H,36,37). The summed E-state index contributed by atoms with van der Waals surface area (Å²) in [4.78, 5) is 26.6. The molecule has 1 aromatic heterocycles. The molecule has 2 aliphatic heterocycles. The molecule has 2 unspecified atom stereocenters. The normalized spacial score (nSPS) is 23.8. The zero-order chi connectivity index (χ0) is 27.4. The second kappa shape index (κ2) is 10.1. The van der Waals surface area contributed by atoms with Crippen molar-refractivity contribution in [1.82, 2.24) is 10.1 Å². The van der Waals surface area contributed by atoms with E-state index in [0.717, 1.165) is 61.1 Å². The van der Waals surface area contributed by atoms with Crippen LogP contribution < -0.4 is 5.32 Å². The first kappa shape index (κ1) is 25.3. The van der Waals surface area contributed by atoms with Crippen LogP contribution in [0.3, 0.4) is 0 Å². The van der Waals surface area contributed by atoms with E-state index in [0.29, 0.717) is 24.1 Å². The van der Waals surface area contributed by atoms with Gasteiger partial charge >= 0.3 is 12.0 Å². The van der Waals surface area contributed by atoms with E-state index in [1.165, 1.54) is 30.0 Å². The Kier molecular flexibility index (Phi) is 6.38. The maximum absolute atomic E-state index is 13.3. The van der Waals surface area contributed by atoms with Crippen molar-refractivity contribution >= 4 is 17.7 Å². The van der Waals surface area contributed by atoms with Crippen molar-refractivity contribution in [3.63, 3.8) is 0 Å². The molecule has 2 bridgehead atoms. The van der Waals surface area contributed by atoms with E-state index in [4.69, 9.17) is 9.26 Å². The third kappa shape index (κ3) is 4.79. The number of amides is 2. The van der Waals surface area contributed by atoms with E-state index in [1.807, 2.05) is 11.8 Å². The summed E-state index contributed by atoms with van der Waals surface area (Å²) >= 11 is 0. The van der Waals surface area contributed by atoms with Gasteiger partial charge in [0.05, 0.1) is 18.3 Å². The van der Waals surface area contributed by atoms with Crippen LogP contribution in [0.5, 0.6) is 0 Å². The number of aromatic nitrogens is 1. The second-order valence-corrected chi connectivity index (χ2v) is 12.0. The number of aryl methyl sites for hydroxylation is 1. The number of carboxylic acids is 1. The van der Waals surface area contributed by atoms with E-state index in [-0.39, 0.29) is 29.8 Å². The number of piperidine rings is 1. The van der Waals surface area contributed by atoms with E-state index in [9.17, 15) is 14.7 Å². The Labute approximate surface area is 233 Å². The Balaban J connectivity index is 1.04. The van der Waals surface area contributed by atoms with Crippen LogP contribution in [0.25, 0.3) is 11.3 Å². The van der Waals surface area contributed by atoms with Crippen molar-refractivity contribution in [2.45, 2.75) is 94.9 Å². The number of urea groups is 1. The highest BCUT2D eigenvalue weighted by atomic mass is 16.5. The average Bonchev–Trinajstić information content (AvgIpc) is 3.89. The summed E-state index contributed by atoms with van der Waals surface area (Å²) in [5, 5.41) is 16.8. The van der Waals surface area contributed by atoms with Crippen molar-refractivity contribution < 1.29 is 24.0 Å². The minimum absolute atomic E-state index is 0.0756. The summed E-state index contributed by atoms with van der Waals surface area (Å²) in [5.41, 5.74) is 6.18. The summed E-state index contributed by atoms with van der Waals surface area (Å²) in [6, 6.07) is 13.5. The first-order chi connectivity index (χ1) is 19.5. The molecule has 3 heterocycles. The Hall–Kier alpha value is -3.65. The second-order valence-electron chi connectivity index (χ2n) is 12.0. The minimum atomic E-state index is -0.976. The number of carboxylic acid groups (broad SMARTS) is 1. The number of fused-ring (bicyclic) bond motifs is 2. The highest BCUT2D eigenvalue weighted by Crippen LogP contribution is 2.48. The Morgan fingerprint density at radius 2 is 1.75 bits per heavy atom. The number of carbonyl (C=O) groups is 2. The van der Waals surface area contributed by atoms with Crippen molar-refractivity contribution in [3.05, 3.63) is 70.5 Å². The Bertz CT molecular complexity index is 1440. The lowest BCUT2D eigenvalue weighted by molar-refractivity contribution is -0.0158. The molecule has 208 valence electrons. The summed E-state index contributed by atoms with van der Waals surface area (Å²) in [6.45, 7) is 2.30. The summed E-state index contributed by atoms with van der Waals surface area (Å²) in [6.07, 6.45) is 8.37. The lowest BCUT2D eigenvalue weighted by Crippen LogP contribution is -2.50. The maximum atomic E-state index is 13.3. The lowest BCUT2D eigenvalue weighted by atomic mass is 9.97. The van der Waals surface area contributed by atoms with Crippen molar-refractivity contribution in [1.29, 1.82) is 0 Å². The zero-order valence-electron chi connectivity index (χ0n) is 22.8. The molecule has 2 amide bonds. The van der Waals surface area contributed by atoms with Crippen LogP contribution in [0.4, 0.5) is 10.5 Å². The molecule has 0 spiro atoms. The van der Waals surface area contributed by atoms with Crippen LogP contribution in [0.2, 0.25) is 0 Å². The number of nitrogens with one attached hydrogen (secondary N) is 1. The van der Waals surface area contributed by atoms with Crippen molar-refractivity contribution in [2.75, 3.05) is 5.32 Å². The number of anilines is 1. The number of aromatic carboxylic acids is 1. The quantitative estimate of drug-likeness (QED) is 0.323. The third-order valence-corrected chi connectivity index (χ3v) is 9.10. The fraction of sp³-hybridized carbons (Fsp3) is 0.469. The molecule has 40 heavy (non-hydrogen) atoms. The van der Waals surface area contributed by atoms with Crippen LogP contribution in [-0.2, 0) is 11.3 Å². The van der Waals surface area contributed by atoms with E-state index >= 15 is 0 Å². The molecule has 2 atom stereocenters. The number of hydrogen-bond donors (Lipinski definition) is 2. The molecule has 4 aliphatic rings.